The molecule has 3 aromatic rings. The normalized spacial score (nSPS) is 10.6. The van der Waals surface area contributed by atoms with Gasteiger partial charge in [0.15, 0.2) is 0 Å². The van der Waals surface area contributed by atoms with Crippen LogP contribution < -0.4 is 10.9 Å². The summed E-state index contributed by atoms with van der Waals surface area (Å²) in [6, 6.07) is 10.4. The van der Waals surface area contributed by atoms with E-state index in [1.165, 1.54) is 6.07 Å². The van der Waals surface area contributed by atoms with Crippen LogP contribution >= 0.6 is 0 Å². The van der Waals surface area contributed by atoms with Gasteiger partial charge in [0.25, 0.3) is 5.56 Å². The fourth-order valence-electron chi connectivity index (χ4n) is 2.27. The van der Waals surface area contributed by atoms with E-state index in [9.17, 15) is 9.59 Å². The van der Waals surface area contributed by atoms with Gasteiger partial charge in [-0.15, -0.1) is 0 Å². The summed E-state index contributed by atoms with van der Waals surface area (Å²) in [5.41, 5.74) is 3.49. The molecule has 0 bridgehead atoms. The Morgan fingerprint density at radius 1 is 1.21 bits per heavy atom. The molecular weight excluding hydrogens is 308 g/mol. The zero-order chi connectivity index (χ0) is 17.1. The van der Waals surface area contributed by atoms with Gasteiger partial charge in [0.05, 0.1) is 17.8 Å². The molecule has 0 fully saturated rings. The first kappa shape index (κ1) is 15.7. The number of anilines is 1. The number of carbonyl (C=O) groups excluding carboxylic acids is 1. The van der Waals surface area contributed by atoms with Gasteiger partial charge in [-0.2, -0.15) is 5.10 Å². The Hall–Kier alpha value is -3.22. The highest BCUT2D eigenvalue weighted by Gasteiger charge is 2.11. The van der Waals surface area contributed by atoms with Crippen LogP contribution in [0.1, 0.15) is 17.0 Å². The number of nitrogens with one attached hydrogen (secondary N) is 2. The lowest BCUT2D eigenvalue weighted by Crippen LogP contribution is -2.15. The molecule has 0 aliphatic heterocycles. The lowest BCUT2D eigenvalue weighted by atomic mass is 10.1. The summed E-state index contributed by atoms with van der Waals surface area (Å²) in [4.78, 5) is 23.3. The van der Waals surface area contributed by atoms with E-state index in [-0.39, 0.29) is 17.9 Å². The maximum atomic E-state index is 12.2. The molecule has 0 saturated carbocycles. The molecule has 7 nitrogen and oxygen atoms in total. The van der Waals surface area contributed by atoms with Crippen LogP contribution in [0.3, 0.4) is 0 Å². The molecule has 3 rings (SSSR count). The predicted molar refractivity (Wildman–Crippen MR) is 88.6 cm³/mol. The Balaban J connectivity index is 1.79. The molecule has 0 aliphatic rings. The van der Waals surface area contributed by atoms with E-state index in [2.05, 4.69) is 20.7 Å². The molecule has 122 valence electrons. The maximum Gasteiger partial charge on any atom is 0.264 e. The highest BCUT2D eigenvalue weighted by molar-refractivity contribution is 5.93. The summed E-state index contributed by atoms with van der Waals surface area (Å²) in [5.74, 6) is 0.321. The van der Waals surface area contributed by atoms with E-state index in [1.807, 2.05) is 25.1 Å². The van der Waals surface area contributed by atoms with Crippen molar-refractivity contribution in [1.29, 1.82) is 0 Å². The van der Waals surface area contributed by atoms with Crippen molar-refractivity contribution in [2.75, 3.05) is 5.32 Å². The molecule has 1 aromatic carbocycles. The quantitative estimate of drug-likeness (QED) is 0.766. The van der Waals surface area contributed by atoms with E-state index >= 15 is 0 Å². The Kier molecular flexibility index (Phi) is 4.24. The summed E-state index contributed by atoms with van der Waals surface area (Å²) in [7, 11) is 0. The number of rotatable bonds is 4. The molecule has 0 atom stereocenters. The van der Waals surface area contributed by atoms with Crippen molar-refractivity contribution < 1.29 is 9.32 Å². The summed E-state index contributed by atoms with van der Waals surface area (Å²) in [5, 5.41) is 13.0. The Morgan fingerprint density at radius 3 is 2.71 bits per heavy atom. The molecule has 0 unspecified atom stereocenters. The van der Waals surface area contributed by atoms with Crippen LogP contribution in [-0.2, 0) is 11.2 Å². The fourth-order valence-corrected chi connectivity index (χ4v) is 2.27. The number of benzene rings is 1. The van der Waals surface area contributed by atoms with Crippen molar-refractivity contribution in [3.05, 3.63) is 63.8 Å². The van der Waals surface area contributed by atoms with Crippen molar-refractivity contribution in [2.24, 2.45) is 0 Å². The Labute approximate surface area is 137 Å². The number of amides is 1. The predicted octanol–water partition coefficient (Wildman–Crippen LogP) is 2.22. The zero-order valence-electron chi connectivity index (χ0n) is 13.3. The second-order valence-corrected chi connectivity index (χ2v) is 5.50. The van der Waals surface area contributed by atoms with Gasteiger partial charge in [-0.25, -0.2) is 5.10 Å². The lowest BCUT2D eigenvalue weighted by molar-refractivity contribution is -0.115. The third-order valence-electron chi connectivity index (χ3n) is 3.50. The summed E-state index contributed by atoms with van der Waals surface area (Å²) >= 11 is 0. The monoisotopic (exact) mass is 324 g/mol. The van der Waals surface area contributed by atoms with Gasteiger partial charge in [0.1, 0.15) is 5.76 Å². The first-order valence-corrected chi connectivity index (χ1v) is 7.40. The van der Waals surface area contributed by atoms with Crippen LogP contribution in [0.2, 0.25) is 0 Å². The van der Waals surface area contributed by atoms with Gasteiger partial charge in [-0.3, -0.25) is 9.59 Å². The third-order valence-corrected chi connectivity index (χ3v) is 3.50. The zero-order valence-corrected chi connectivity index (χ0v) is 13.3. The van der Waals surface area contributed by atoms with Crippen molar-refractivity contribution in [3.8, 4) is 11.3 Å². The average Bonchev–Trinajstić information content (AvgIpc) is 2.95. The number of aromatic amines is 1. The molecule has 2 N–H and O–H groups in total. The van der Waals surface area contributed by atoms with E-state index in [0.29, 0.717) is 17.1 Å². The number of nitrogens with zero attached hydrogens (tertiary/aromatic N) is 2. The van der Waals surface area contributed by atoms with Crippen LogP contribution in [0.15, 0.2) is 45.7 Å². The minimum Gasteiger partial charge on any atom is -0.361 e. The second kappa shape index (κ2) is 6.49. The molecule has 1 amide bonds. The van der Waals surface area contributed by atoms with Crippen molar-refractivity contribution >= 4 is 11.6 Å². The Bertz CT molecular complexity index is 923. The van der Waals surface area contributed by atoms with Crippen LogP contribution in [-0.4, -0.2) is 21.3 Å². The smallest absolute Gasteiger partial charge is 0.264 e. The number of aryl methyl sites for hydroxylation is 2. The summed E-state index contributed by atoms with van der Waals surface area (Å²) < 4.78 is 5.05. The van der Waals surface area contributed by atoms with E-state index in [0.717, 1.165) is 16.8 Å². The van der Waals surface area contributed by atoms with Gasteiger partial charge in [-0.05, 0) is 31.5 Å². The topological polar surface area (TPSA) is 101 Å². The summed E-state index contributed by atoms with van der Waals surface area (Å²) in [6.07, 6.45) is 0.113. The highest BCUT2D eigenvalue weighted by Crippen LogP contribution is 2.23. The molecule has 7 heteroatoms. The van der Waals surface area contributed by atoms with E-state index in [4.69, 9.17) is 4.52 Å². The fraction of sp³-hybridized carbons (Fsp3) is 0.176. The maximum absolute atomic E-state index is 12.2. The number of carbonyl (C=O) groups is 1. The molecule has 0 radical (unpaired) electrons. The van der Waals surface area contributed by atoms with Crippen LogP contribution in [0.4, 0.5) is 5.69 Å². The highest BCUT2D eigenvalue weighted by atomic mass is 16.5. The standard InChI is InChI=1S/C17H16N4O3/c1-10-3-4-12(14-5-6-16(22)20-19-14)8-15(10)18-17(23)9-13-7-11(2)21-24-13/h3-8H,9H2,1-2H3,(H,18,23)(H,20,22). The first-order chi connectivity index (χ1) is 11.5. The minimum atomic E-state index is -0.262. The molecule has 2 aromatic heterocycles. The van der Waals surface area contributed by atoms with E-state index in [1.54, 1.807) is 19.1 Å². The molecule has 24 heavy (non-hydrogen) atoms. The molecule has 0 spiro atoms. The Morgan fingerprint density at radius 2 is 2.04 bits per heavy atom. The van der Waals surface area contributed by atoms with Crippen LogP contribution in [0.5, 0.6) is 0 Å². The first-order valence-electron chi connectivity index (χ1n) is 7.40. The molecular formula is C17H16N4O3. The van der Waals surface area contributed by atoms with Gasteiger partial charge in [0, 0.05) is 23.4 Å². The van der Waals surface area contributed by atoms with Gasteiger partial charge in [-0.1, -0.05) is 17.3 Å². The van der Waals surface area contributed by atoms with Crippen molar-refractivity contribution in [3.63, 3.8) is 0 Å². The minimum absolute atomic E-state index is 0.113. The molecule has 2 heterocycles. The summed E-state index contributed by atoms with van der Waals surface area (Å²) in [6.45, 7) is 3.70. The number of hydrogen-bond donors (Lipinski definition) is 2. The van der Waals surface area contributed by atoms with Crippen LogP contribution in [0.25, 0.3) is 11.3 Å². The largest absolute Gasteiger partial charge is 0.361 e. The average molecular weight is 324 g/mol. The van der Waals surface area contributed by atoms with Gasteiger partial charge >= 0.3 is 0 Å². The third kappa shape index (κ3) is 3.57. The van der Waals surface area contributed by atoms with Gasteiger partial charge in [0.2, 0.25) is 5.91 Å². The van der Waals surface area contributed by atoms with Crippen molar-refractivity contribution in [2.45, 2.75) is 20.3 Å². The van der Waals surface area contributed by atoms with Crippen LogP contribution in [0, 0.1) is 13.8 Å². The van der Waals surface area contributed by atoms with Gasteiger partial charge < -0.3 is 9.84 Å². The van der Waals surface area contributed by atoms with E-state index < -0.39 is 0 Å². The second-order valence-electron chi connectivity index (χ2n) is 5.50. The SMILES string of the molecule is Cc1cc(CC(=O)Nc2cc(-c3ccc(=O)[nH]n3)ccc2C)on1. The number of aromatic nitrogens is 3. The number of hydrogen-bond acceptors (Lipinski definition) is 5. The lowest BCUT2D eigenvalue weighted by Gasteiger charge is -2.10. The number of H-pyrrole nitrogens is 1. The molecule has 0 saturated heterocycles. The molecule has 0 aliphatic carbocycles. The van der Waals surface area contributed by atoms with Crippen molar-refractivity contribution in [1.82, 2.24) is 15.4 Å².